The fourth-order valence-corrected chi connectivity index (χ4v) is 2.87. The number of carbonyl (C=O) groups excluding carboxylic acids is 4. The third-order valence-electron chi connectivity index (χ3n) is 5.15. The van der Waals surface area contributed by atoms with E-state index in [9.17, 15) is 14.4 Å². The van der Waals surface area contributed by atoms with E-state index in [-0.39, 0.29) is 0 Å². The first-order valence-electron chi connectivity index (χ1n) is 13.8. The number of hydrogen-bond donors (Lipinski definition) is 0. The van der Waals surface area contributed by atoms with E-state index in [1.54, 1.807) is 69.9 Å². The SMILES string of the molecule is C=CC(=O)OCCCOc1ccc(C=O)cc1.C=CC=O.COCCCOc1ccc(C=O)cc1.COc1ccc(OC)cc1. The largest absolute Gasteiger partial charge is 0.497 e. The maximum Gasteiger partial charge on any atom is 0.330 e. The zero-order chi connectivity index (χ0) is 33.5. The maximum atomic E-state index is 10.7. The van der Waals surface area contributed by atoms with Crippen LogP contribution >= 0.6 is 0 Å². The molecule has 0 fully saturated rings. The van der Waals surface area contributed by atoms with Gasteiger partial charge in [-0.1, -0.05) is 13.2 Å². The Labute approximate surface area is 265 Å². The zero-order valence-electron chi connectivity index (χ0n) is 26.1. The number of aldehydes is 3. The minimum absolute atomic E-state index is 0.303. The second-order valence-corrected chi connectivity index (χ2v) is 8.39. The molecule has 0 amide bonds. The number of rotatable bonds is 16. The molecule has 10 heteroatoms. The highest BCUT2D eigenvalue weighted by molar-refractivity contribution is 5.81. The van der Waals surface area contributed by atoms with Crippen LogP contribution < -0.4 is 18.9 Å². The van der Waals surface area contributed by atoms with Gasteiger partial charge in [-0.15, -0.1) is 0 Å². The van der Waals surface area contributed by atoms with E-state index < -0.39 is 5.97 Å². The van der Waals surface area contributed by atoms with Gasteiger partial charge in [0, 0.05) is 43.8 Å². The molecule has 0 heterocycles. The number of benzene rings is 3. The first-order chi connectivity index (χ1) is 21.9. The number of ether oxygens (including phenoxy) is 6. The molecule has 0 atom stereocenters. The predicted octanol–water partition coefficient (Wildman–Crippen LogP) is 5.99. The van der Waals surface area contributed by atoms with Gasteiger partial charge in [-0.3, -0.25) is 14.4 Å². The standard InChI is InChI=1S/C13H14O4.C11H14O3.C8H10O2.C3H4O/c1-2-13(15)17-9-3-8-16-12-6-4-11(10-14)5-7-12;1-13-7-2-8-14-11-5-3-10(9-12)4-6-11;1-9-7-3-5-8(10-2)6-4-7;1-2-3-4/h2,4-7,10H,1,3,8-9H2;3-6,9H,2,7-8H2,1H3;3-6H,1-2H3;2-3H,1H2. The van der Waals surface area contributed by atoms with Crippen molar-refractivity contribution in [1.29, 1.82) is 0 Å². The normalized spacial score (nSPS) is 9.04. The van der Waals surface area contributed by atoms with Gasteiger partial charge in [-0.2, -0.15) is 0 Å². The second-order valence-electron chi connectivity index (χ2n) is 8.39. The highest BCUT2D eigenvalue weighted by Crippen LogP contribution is 2.16. The predicted molar refractivity (Wildman–Crippen MR) is 173 cm³/mol. The van der Waals surface area contributed by atoms with Crippen LogP contribution in [0.15, 0.2) is 98.1 Å². The van der Waals surface area contributed by atoms with E-state index in [4.69, 9.17) is 33.2 Å². The topological polar surface area (TPSA) is 124 Å². The molecular weight excluding hydrogens is 580 g/mol. The number of carbonyl (C=O) groups is 4. The maximum absolute atomic E-state index is 10.7. The third kappa shape index (κ3) is 21.2. The van der Waals surface area contributed by atoms with E-state index in [2.05, 4.69) is 13.2 Å². The molecule has 0 aliphatic carbocycles. The summed E-state index contributed by atoms with van der Waals surface area (Å²) in [6.07, 6.45) is 6.02. The van der Waals surface area contributed by atoms with Gasteiger partial charge < -0.3 is 28.4 Å². The minimum Gasteiger partial charge on any atom is -0.497 e. The summed E-state index contributed by atoms with van der Waals surface area (Å²) in [6, 6.07) is 21.3. The Morgan fingerprint density at radius 2 is 0.978 bits per heavy atom. The van der Waals surface area contributed by atoms with Gasteiger partial charge in [0.05, 0.1) is 34.0 Å². The molecule has 3 rings (SSSR count). The summed E-state index contributed by atoms with van der Waals surface area (Å²) in [7, 11) is 4.95. The number of methoxy groups -OCH3 is 3. The van der Waals surface area contributed by atoms with E-state index in [0.29, 0.717) is 56.0 Å². The smallest absolute Gasteiger partial charge is 0.330 e. The molecule has 0 aliphatic rings. The van der Waals surface area contributed by atoms with Crippen molar-refractivity contribution in [2.45, 2.75) is 12.8 Å². The van der Waals surface area contributed by atoms with E-state index >= 15 is 0 Å². The average molecular weight is 623 g/mol. The summed E-state index contributed by atoms with van der Waals surface area (Å²) in [5, 5.41) is 0. The molecular formula is C35H42O10. The number of allylic oxidation sites excluding steroid dienone is 1. The van der Waals surface area contributed by atoms with Crippen molar-refractivity contribution in [3.63, 3.8) is 0 Å². The van der Waals surface area contributed by atoms with Crippen molar-refractivity contribution >= 4 is 24.8 Å². The molecule has 0 aromatic heterocycles. The van der Waals surface area contributed by atoms with Crippen LogP contribution in [0.4, 0.5) is 0 Å². The monoisotopic (exact) mass is 622 g/mol. The molecule has 0 radical (unpaired) electrons. The van der Waals surface area contributed by atoms with Crippen LogP contribution in [0.5, 0.6) is 23.0 Å². The molecule has 10 nitrogen and oxygen atoms in total. The lowest BCUT2D eigenvalue weighted by Crippen LogP contribution is -2.06. The molecule has 3 aromatic rings. The van der Waals surface area contributed by atoms with Crippen LogP contribution in [0.25, 0.3) is 0 Å². The average Bonchev–Trinajstić information content (AvgIpc) is 3.11. The van der Waals surface area contributed by atoms with Crippen molar-refractivity contribution in [3.8, 4) is 23.0 Å². The molecule has 0 N–H and O–H groups in total. The quantitative estimate of drug-likeness (QED) is 0.0815. The Kier molecular flexibility index (Phi) is 24.4. The van der Waals surface area contributed by atoms with Gasteiger partial charge in [0.2, 0.25) is 0 Å². The fraction of sp³-hybridized carbons (Fsp3) is 0.257. The first kappa shape index (κ1) is 39.8. The lowest BCUT2D eigenvalue weighted by molar-refractivity contribution is -0.137. The van der Waals surface area contributed by atoms with E-state index in [1.807, 2.05) is 24.3 Å². The van der Waals surface area contributed by atoms with Crippen molar-refractivity contribution < 1.29 is 47.6 Å². The van der Waals surface area contributed by atoms with Crippen molar-refractivity contribution in [2.24, 2.45) is 0 Å². The second kappa shape index (κ2) is 27.6. The van der Waals surface area contributed by atoms with E-state index in [0.717, 1.165) is 42.3 Å². The Balaban J connectivity index is 0.000000624. The molecule has 45 heavy (non-hydrogen) atoms. The van der Waals surface area contributed by atoms with Crippen LogP contribution in [0.2, 0.25) is 0 Å². The van der Waals surface area contributed by atoms with Gasteiger partial charge in [0.25, 0.3) is 0 Å². The van der Waals surface area contributed by atoms with Gasteiger partial charge in [-0.25, -0.2) is 4.79 Å². The third-order valence-corrected chi connectivity index (χ3v) is 5.15. The highest BCUT2D eigenvalue weighted by Gasteiger charge is 1.98. The molecule has 242 valence electrons. The van der Waals surface area contributed by atoms with Crippen LogP contribution in [0.3, 0.4) is 0 Å². The van der Waals surface area contributed by atoms with Crippen LogP contribution in [-0.4, -0.2) is 72.6 Å². The van der Waals surface area contributed by atoms with Crippen molar-refractivity contribution in [1.82, 2.24) is 0 Å². The molecule has 3 aromatic carbocycles. The van der Waals surface area contributed by atoms with Crippen molar-refractivity contribution in [2.75, 3.05) is 47.8 Å². The minimum atomic E-state index is -0.430. The summed E-state index contributed by atoms with van der Waals surface area (Å²) in [5.74, 6) is 2.74. The summed E-state index contributed by atoms with van der Waals surface area (Å²) in [5.41, 5.74) is 1.27. The summed E-state index contributed by atoms with van der Waals surface area (Å²) in [6.45, 7) is 8.49. The van der Waals surface area contributed by atoms with Gasteiger partial charge in [0.15, 0.2) is 0 Å². The van der Waals surface area contributed by atoms with Gasteiger partial charge in [0.1, 0.15) is 41.9 Å². The molecule has 0 unspecified atom stereocenters. The highest BCUT2D eigenvalue weighted by atomic mass is 16.5. The summed E-state index contributed by atoms with van der Waals surface area (Å²) >= 11 is 0. The van der Waals surface area contributed by atoms with Gasteiger partial charge in [-0.05, 0) is 78.9 Å². The molecule has 0 saturated carbocycles. The Morgan fingerprint density at radius 3 is 1.29 bits per heavy atom. The molecule has 0 aliphatic heterocycles. The Hall–Kier alpha value is -5.22. The lowest BCUT2D eigenvalue weighted by atomic mass is 10.2. The van der Waals surface area contributed by atoms with Crippen LogP contribution in [0.1, 0.15) is 33.6 Å². The Morgan fingerprint density at radius 1 is 0.600 bits per heavy atom. The lowest BCUT2D eigenvalue weighted by Gasteiger charge is -2.06. The molecule has 0 spiro atoms. The molecule has 0 bridgehead atoms. The van der Waals surface area contributed by atoms with Crippen LogP contribution in [-0.2, 0) is 19.1 Å². The van der Waals surface area contributed by atoms with Crippen molar-refractivity contribution in [3.05, 3.63) is 109 Å². The number of esters is 1. The first-order valence-corrected chi connectivity index (χ1v) is 13.8. The Bertz CT molecular complexity index is 1190. The molecule has 0 saturated heterocycles. The van der Waals surface area contributed by atoms with E-state index in [1.165, 1.54) is 6.08 Å². The van der Waals surface area contributed by atoms with Gasteiger partial charge >= 0.3 is 5.97 Å². The fourth-order valence-electron chi connectivity index (χ4n) is 2.87. The zero-order valence-corrected chi connectivity index (χ0v) is 26.1. The summed E-state index contributed by atoms with van der Waals surface area (Å²) < 4.78 is 30.4. The number of hydrogen-bond acceptors (Lipinski definition) is 10. The summed E-state index contributed by atoms with van der Waals surface area (Å²) in [4.78, 5) is 40.5. The van der Waals surface area contributed by atoms with Crippen LogP contribution in [0, 0.1) is 0 Å².